The van der Waals surface area contributed by atoms with Gasteiger partial charge in [0.25, 0.3) is 0 Å². The summed E-state index contributed by atoms with van der Waals surface area (Å²) in [6.45, 7) is 2.64. The molecule has 0 aliphatic carbocycles. The first kappa shape index (κ1) is 25.7. The topological polar surface area (TPSA) is 82.8 Å². The Kier molecular flexibility index (Phi) is 9.05. The van der Waals surface area contributed by atoms with E-state index in [-0.39, 0.29) is 51.4 Å². The monoisotopic (exact) mass is 476 g/mol. The van der Waals surface area contributed by atoms with Crippen LogP contribution in [0.2, 0.25) is 0 Å². The number of hydrogen-bond acceptors (Lipinski definition) is 6. The predicted octanol–water partition coefficient (Wildman–Crippen LogP) is 4.26. The molecule has 6 nitrogen and oxygen atoms in total. The van der Waals surface area contributed by atoms with E-state index in [1.54, 1.807) is 12.1 Å². The molecule has 0 bridgehead atoms. The molecule has 1 N–H and O–H groups in total. The maximum Gasteiger partial charge on any atom is 0.418 e. The van der Waals surface area contributed by atoms with E-state index in [1.807, 2.05) is 12.1 Å². The molecule has 0 spiro atoms. The van der Waals surface area contributed by atoms with Crippen molar-refractivity contribution in [1.29, 1.82) is 5.26 Å². The van der Waals surface area contributed by atoms with Crippen LogP contribution in [0.3, 0.4) is 0 Å². The van der Waals surface area contributed by atoms with E-state index in [0.29, 0.717) is 5.39 Å². The van der Waals surface area contributed by atoms with Crippen LogP contribution in [-0.2, 0) is 14.3 Å². The third-order valence-corrected chi connectivity index (χ3v) is 5.56. The lowest BCUT2D eigenvalue weighted by molar-refractivity contribution is -0.116. The van der Waals surface area contributed by atoms with Crippen molar-refractivity contribution in [3.63, 3.8) is 0 Å². The highest BCUT2D eigenvalue weighted by Gasteiger charge is 2.39. The Bertz CT molecular complexity index is 1070. The van der Waals surface area contributed by atoms with Crippen molar-refractivity contribution in [3.05, 3.63) is 47.5 Å². The number of carbonyl (C=O) groups excluding carboxylic acids is 1. The molecule has 3 rings (SSSR count). The van der Waals surface area contributed by atoms with Crippen LogP contribution in [0.15, 0.2) is 42.0 Å². The van der Waals surface area contributed by atoms with Crippen LogP contribution in [0.25, 0.3) is 16.3 Å². The molecule has 1 fully saturated rings. The largest absolute Gasteiger partial charge is 0.418 e. The van der Waals surface area contributed by atoms with E-state index in [4.69, 9.17) is 14.6 Å². The molecule has 0 aromatic heterocycles. The zero-order chi connectivity index (χ0) is 24.6. The fourth-order valence-corrected chi connectivity index (χ4v) is 3.71. The molecule has 0 amide bonds. The molecule has 0 atom stereocenters. The Morgan fingerprint density at radius 1 is 1.03 bits per heavy atom. The molecule has 0 saturated carbocycles. The molecule has 2 aromatic carbocycles. The lowest BCUT2D eigenvalue weighted by atomic mass is 9.93. The van der Waals surface area contributed by atoms with Gasteiger partial charge in [-0.25, -0.2) is 0 Å². The number of allylic oxidation sites excluding steroid dienone is 2. The second-order valence-electron chi connectivity index (χ2n) is 7.92. The van der Waals surface area contributed by atoms with Gasteiger partial charge < -0.3 is 19.5 Å². The summed E-state index contributed by atoms with van der Waals surface area (Å²) in [4.78, 5) is 14.7. The van der Waals surface area contributed by atoms with Crippen molar-refractivity contribution in [3.8, 4) is 6.07 Å². The number of aliphatic hydroxyl groups excluding tert-OH is 1. The molecule has 2 aromatic rings. The molecular weight excluding hydrogens is 449 g/mol. The van der Waals surface area contributed by atoms with Crippen molar-refractivity contribution in [2.24, 2.45) is 0 Å². The van der Waals surface area contributed by atoms with Crippen LogP contribution in [0.4, 0.5) is 18.9 Å². The maximum absolute atomic E-state index is 14.0. The average Bonchev–Trinajstić information content (AvgIpc) is 2.76. The quantitative estimate of drug-likeness (QED) is 0.280. The number of ether oxygens (including phenoxy) is 2. The number of Topliss-reactive ketones (excluding diaryl/α,β-unsaturated/α-hetero) is 1. The number of hydrogen-bond donors (Lipinski definition) is 1. The van der Waals surface area contributed by atoms with Crippen LogP contribution >= 0.6 is 0 Å². The van der Waals surface area contributed by atoms with E-state index in [1.165, 1.54) is 18.2 Å². The molecule has 34 heavy (non-hydrogen) atoms. The molecule has 182 valence electrons. The Balaban J connectivity index is 1.75. The van der Waals surface area contributed by atoms with Crippen molar-refractivity contribution < 1.29 is 32.5 Å². The third kappa shape index (κ3) is 6.56. The van der Waals surface area contributed by atoms with Crippen LogP contribution < -0.4 is 4.90 Å². The van der Waals surface area contributed by atoms with Crippen molar-refractivity contribution in [2.45, 2.75) is 25.4 Å². The van der Waals surface area contributed by atoms with Crippen LogP contribution in [0.1, 0.15) is 24.8 Å². The summed E-state index contributed by atoms with van der Waals surface area (Å²) in [6, 6.07) is 11.3. The number of fused-ring (bicyclic) bond motifs is 1. The van der Waals surface area contributed by atoms with Gasteiger partial charge in [0.2, 0.25) is 0 Å². The van der Waals surface area contributed by atoms with E-state index >= 15 is 0 Å². The molecule has 9 heteroatoms. The Labute approximate surface area is 196 Å². The normalized spacial score (nSPS) is 14.5. The number of halogens is 3. The number of anilines is 1. The zero-order valence-electron chi connectivity index (χ0n) is 18.7. The van der Waals surface area contributed by atoms with Gasteiger partial charge in [-0.05, 0) is 47.4 Å². The second kappa shape index (κ2) is 12.0. The number of nitriles is 1. The van der Waals surface area contributed by atoms with Gasteiger partial charge in [0, 0.05) is 31.8 Å². The summed E-state index contributed by atoms with van der Waals surface area (Å²) in [5, 5.41) is 19.5. The lowest BCUT2D eigenvalue weighted by Crippen LogP contribution is -2.36. The number of alkyl halides is 3. The molecule has 1 heterocycles. The Morgan fingerprint density at radius 3 is 2.32 bits per heavy atom. The van der Waals surface area contributed by atoms with E-state index < -0.39 is 23.1 Å². The summed E-state index contributed by atoms with van der Waals surface area (Å²) in [7, 11) is 0. The van der Waals surface area contributed by atoms with Crippen LogP contribution in [0.5, 0.6) is 0 Å². The zero-order valence-corrected chi connectivity index (χ0v) is 18.7. The number of ketones is 1. The van der Waals surface area contributed by atoms with Gasteiger partial charge in [0.05, 0.1) is 32.0 Å². The van der Waals surface area contributed by atoms with Crippen molar-refractivity contribution in [1.82, 2.24) is 0 Å². The first-order valence-electron chi connectivity index (χ1n) is 11.2. The Morgan fingerprint density at radius 2 is 1.71 bits per heavy atom. The summed E-state index contributed by atoms with van der Waals surface area (Å²) < 4.78 is 52.3. The number of benzene rings is 2. The molecule has 0 radical (unpaired) electrons. The maximum atomic E-state index is 14.0. The molecule has 1 aliphatic rings. The minimum atomic E-state index is -4.87. The van der Waals surface area contributed by atoms with Gasteiger partial charge in [-0.2, -0.15) is 18.4 Å². The molecule has 1 aliphatic heterocycles. The van der Waals surface area contributed by atoms with Crippen molar-refractivity contribution in [2.75, 3.05) is 51.0 Å². The number of rotatable bonds is 12. The van der Waals surface area contributed by atoms with Gasteiger partial charge >= 0.3 is 6.18 Å². The third-order valence-electron chi connectivity index (χ3n) is 5.56. The SMILES string of the molecule is N#C/C(C(=O)CCCOCCOCCO)=C(\c1ccc2cc(N3CCC3)ccc2c1)C(F)(F)F. The van der Waals surface area contributed by atoms with Gasteiger partial charge in [0.15, 0.2) is 5.78 Å². The highest BCUT2D eigenvalue weighted by atomic mass is 19.4. The highest BCUT2D eigenvalue weighted by Crippen LogP contribution is 2.38. The van der Waals surface area contributed by atoms with Gasteiger partial charge in [0.1, 0.15) is 11.6 Å². The van der Waals surface area contributed by atoms with Gasteiger partial charge in [-0.1, -0.05) is 18.2 Å². The number of nitrogens with zero attached hydrogens (tertiary/aromatic N) is 2. The Hall–Kier alpha value is -2.93. The number of carbonyl (C=O) groups is 1. The highest BCUT2D eigenvalue weighted by molar-refractivity contribution is 6.07. The molecule has 0 unspecified atom stereocenters. The fourth-order valence-electron chi connectivity index (χ4n) is 3.71. The van der Waals surface area contributed by atoms with E-state index in [2.05, 4.69) is 4.90 Å². The van der Waals surface area contributed by atoms with E-state index in [9.17, 15) is 23.2 Å². The predicted molar refractivity (Wildman–Crippen MR) is 122 cm³/mol. The second-order valence-corrected chi connectivity index (χ2v) is 7.92. The fraction of sp³-hybridized carbons (Fsp3) is 0.440. The summed E-state index contributed by atoms with van der Waals surface area (Å²) in [6.07, 6.45) is -3.82. The van der Waals surface area contributed by atoms with Gasteiger partial charge in [-0.15, -0.1) is 0 Å². The first-order valence-corrected chi connectivity index (χ1v) is 11.2. The standard InChI is InChI=1S/C25H27F3N2O4/c26-25(27,28)24(22(17-29)23(32)3-1-11-33-13-14-34-12-10-31)20-5-4-19-16-21(30-8-2-9-30)7-6-18(19)15-20/h4-7,15-16,31H,1-3,8-14H2/b24-22-. The first-order chi connectivity index (χ1) is 16.3. The van der Waals surface area contributed by atoms with Crippen LogP contribution in [0, 0.1) is 11.3 Å². The summed E-state index contributed by atoms with van der Waals surface area (Å²) in [5.41, 5.74) is -1.30. The van der Waals surface area contributed by atoms with E-state index in [0.717, 1.165) is 30.6 Å². The van der Waals surface area contributed by atoms with Crippen LogP contribution in [-0.4, -0.2) is 63.2 Å². The number of aliphatic hydroxyl groups is 1. The minimum Gasteiger partial charge on any atom is -0.394 e. The lowest BCUT2D eigenvalue weighted by Gasteiger charge is -2.33. The van der Waals surface area contributed by atoms with Gasteiger partial charge in [-0.3, -0.25) is 4.79 Å². The minimum absolute atomic E-state index is 0.101. The smallest absolute Gasteiger partial charge is 0.394 e. The van der Waals surface area contributed by atoms with Crippen molar-refractivity contribution >= 4 is 27.8 Å². The average molecular weight is 476 g/mol. The molecule has 1 saturated heterocycles. The summed E-state index contributed by atoms with van der Waals surface area (Å²) in [5.74, 6) is -0.872. The summed E-state index contributed by atoms with van der Waals surface area (Å²) >= 11 is 0. The molecular formula is C25H27F3N2O4.